The van der Waals surface area contributed by atoms with Crippen LogP contribution in [0.4, 0.5) is 17.6 Å². The Morgan fingerprint density at radius 1 is 1.30 bits per heavy atom. The van der Waals surface area contributed by atoms with Gasteiger partial charge < -0.3 is 9.64 Å². The molecule has 1 aromatic carbocycles. The van der Waals surface area contributed by atoms with E-state index in [0.717, 1.165) is 4.90 Å². The topological polar surface area (TPSA) is 29.5 Å². The van der Waals surface area contributed by atoms with Crippen molar-refractivity contribution >= 4 is 5.91 Å². The minimum Gasteiger partial charge on any atom is -0.370 e. The number of alkyl halides is 4. The molecule has 1 aliphatic rings. The van der Waals surface area contributed by atoms with E-state index in [2.05, 4.69) is 0 Å². The molecular formula is C13H13F4NO2. The van der Waals surface area contributed by atoms with Crippen LogP contribution in [-0.4, -0.2) is 42.9 Å². The van der Waals surface area contributed by atoms with Gasteiger partial charge in [0.1, 0.15) is 6.10 Å². The number of rotatable bonds is 3. The molecule has 0 bridgehead atoms. The summed E-state index contributed by atoms with van der Waals surface area (Å²) in [6, 6.07) is 8.72. The molecule has 3 nitrogen and oxygen atoms in total. The van der Waals surface area contributed by atoms with E-state index >= 15 is 0 Å². The fraction of sp³-hybridized carbons (Fsp3) is 0.462. The molecule has 0 saturated carbocycles. The Hall–Kier alpha value is -1.63. The van der Waals surface area contributed by atoms with E-state index in [4.69, 9.17) is 4.74 Å². The van der Waals surface area contributed by atoms with Crippen molar-refractivity contribution in [2.75, 3.05) is 19.7 Å². The molecule has 2 rings (SSSR count). The highest BCUT2D eigenvalue weighted by Crippen LogP contribution is 2.29. The number of halogens is 4. The first kappa shape index (κ1) is 14.8. The minimum absolute atomic E-state index is 0.0324. The maximum absolute atomic E-state index is 13.1. The number of hydrogen-bond donors (Lipinski definition) is 0. The highest BCUT2D eigenvalue weighted by atomic mass is 19.3. The SMILES string of the molecule is O=C(N1CCOC(c2ccccc2)C1)C(F)(F)C(F)F. The molecule has 1 heterocycles. The molecule has 1 amide bonds. The van der Waals surface area contributed by atoms with Gasteiger partial charge in [-0.2, -0.15) is 8.78 Å². The summed E-state index contributed by atoms with van der Waals surface area (Å²) in [5.41, 5.74) is 0.713. The van der Waals surface area contributed by atoms with Gasteiger partial charge in [0.25, 0.3) is 5.91 Å². The Balaban J connectivity index is 2.10. The van der Waals surface area contributed by atoms with Gasteiger partial charge in [0.15, 0.2) is 0 Å². The van der Waals surface area contributed by atoms with Crippen LogP contribution < -0.4 is 0 Å². The minimum atomic E-state index is -4.65. The normalized spacial score (nSPS) is 20.2. The number of carbonyl (C=O) groups excluding carboxylic acids is 1. The Morgan fingerprint density at radius 2 is 1.95 bits per heavy atom. The van der Waals surface area contributed by atoms with E-state index in [9.17, 15) is 22.4 Å². The average molecular weight is 291 g/mol. The van der Waals surface area contributed by atoms with Crippen LogP contribution in [0.25, 0.3) is 0 Å². The van der Waals surface area contributed by atoms with Crippen molar-refractivity contribution in [3.63, 3.8) is 0 Å². The van der Waals surface area contributed by atoms with Crippen LogP contribution in [0, 0.1) is 0 Å². The number of amides is 1. The Bertz CT molecular complexity index is 467. The molecule has 7 heteroatoms. The van der Waals surface area contributed by atoms with Crippen LogP contribution >= 0.6 is 0 Å². The quantitative estimate of drug-likeness (QED) is 0.801. The second-order valence-electron chi connectivity index (χ2n) is 4.44. The van der Waals surface area contributed by atoms with E-state index in [1.807, 2.05) is 0 Å². The molecule has 1 saturated heterocycles. The third-order valence-corrected chi connectivity index (χ3v) is 3.08. The molecule has 1 aromatic rings. The molecular weight excluding hydrogens is 278 g/mol. The zero-order valence-electron chi connectivity index (χ0n) is 10.4. The lowest BCUT2D eigenvalue weighted by atomic mass is 10.1. The molecule has 1 fully saturated rings. The molecule has 1 atom stereocenters. The summed E-state index contributed by atoms with van der Waals surface area (Å²) in [5.74, 6) is -6.50. The van der Waals surface area contributed by atoms with Crippen molar-refractivity contribution < 1.29 is 27.1 Å². The molecule has 0 spiro atoms. The summed E-state index contributed by atoms with van der Waals surface area (Å²) in [5, 5.41) is 0. The maximum atomic E-state index is 13.1. The predicted octanol–water partition coefficient (Wildman–Crippen LogP) is 2.49. The maximum Gasteiger partial charge on any atom is 0.383 e. The molecule has 20 heavy (non-hydrogen) atoms. The van der Waals surface area contributed by atoms with Crippen molar-refractivity contribution in [3.8, 4) is 0 Å². The summed E-state index contributed by atoms with van der Waals surface area (Å²) in [6.45, 7) is -0.250. The lowest BCUT2D eigenvalue weighted by molar-refractivity contribution is -0.186. The summed E-state index contributed by atoms with van der Waals surface area (Å²) in [7, 11) is 0. The zero-order chi connectivity index (χ0) is 14.8. The molecule has 110 valence electrons. The number of carbonyl (C=O) groups is 1. The fourth-order valence-corrected chi connectivity index (χ4v) is 2.01. The van der Waals surface area contributed by atoms with E-state index in [0.29, 0.717) is 5.56 Å². The van der Waals surface area contributed by atoms with Gasteiger partial charge in [-0.05, 0) is 5.56 Å². The van der Waals surface area contributed by atoms with Crippen LogP contribution in [0.3, 0.4) is 0 Å². The summed E-state index contributed by atoms with van der Waals surface area (Å²) in [6.07, 6.45) is -4.59. The first-order valence-electron chi connectivity index (χ1n) is 6.05. The highest BCUT2D eigenvalue weighted by molar-refractivity contribution is 5.84. The smallest absolute Gasteiger partial charge is 0.370 e. The first-order chi connectivity index (χ1) is 9.43. The van der Waals surface area contributed by atoms with Crippen molar-refractivity contribution in [2.45, 2.75) is 18.5 Å². The van der Waals surface area contributed by atoms with Crippen molar-refractivity contribution in [3.05, 3.63) is 35.9 Å². The largest absolute Gasteiger partial charge is 0.383 e. The van der Waals surface area contributed by atoms with Crippen molar-refractivity contribution in [2.24, 2.45) is 0 Å². The summed E-state index contributed by atoms with van der Waals surface area (Å²) in [4.78, 5) is 12.2. The predicted molar refractivity (Wildman–Crippen MR) is 62.7 cm³/mol. The Morgan fingerprint density at radius 3 is 2.55 bits per heavy atom. The molecule has 0 aromatic heterocycles. The van der Waals surface area contributed by atoms with E-state index < -0.39 is 24.4 Å². The lowest BCUT2D eigenvalue weighted by Gasteiger charge is -2.34. The first-order valence-corrected chi connectivity index (χ1v) is 6.05. The number of nitrogens with zero attached hydrogens (tertiary/aromatic N) is 1. The van der Waals surface area contributed by atoms with E-state index in [-0.39, 0.29) is 19.7 Å². The number of hydrogen-bond acceptors (Lipinski definition) is 2. The van der Waals surface area contributed by atoms with Crippen LogP contribution in [0.15, 0.2) is 30.3 Å². The van der Waals surface area contributed by atoms with Crippen LogP contribution in [0.2, 0.25) is 0 Å². The lowest BCUT2D eigenvalue weighted by Crippen LogP contribution is -2.52. The second-order valence-corrected chi connectivity index (χ2v) is 4.44. The third kappa shape index (κ3) is 2.92. The van der Waals surface area contributed by atoms with Gasteiger partial charge in [-0.25, -0.2) is 8.78 Å². The van der Waals surface area contributed by atoms with Crippen LogP contribution in [-0.2, 0) is 9.53 Å². The van der Waals surface area contributed by atoms with Gasteiger partial charge in [-0.1, -0.05) is 30.3 Å². The van der Waals surface area contributed by atoms with Gasteiger partial charge in [-0.3, -0.25) is 4.79 Å². The summed E-state index contributed by atoms with van der Waals surface area (Å²) >= 11 is 0. The summed E-state index contributed by atoms with van der Waals surface area (Å²) < 4.78 is 56.0. The zero-order valence-corrected chi connectivity index (χ0v) is 10.4. The third-order valence-electron chi connectivity index (χ3n) is 3.08. The molecule has 0 N–H and O–H groups in total. The standard InChI is InChI=1S/C13H13F4NO2/c14-11(15)13(16,17)12(19)18-6-7-20-10(8-18)9-4-2-1-3-5-9/h1-5,10-11H,6-8H2. The molecule has 0 radical (unpaired) electrons. The van der Waals surface area contributed by atoms with Gasteiger partial charge in [0.2, 0.25) is 0 Å². The van der Waals surface area contributed by atoms with E-state index in [1.54, 1.807) is 30.3 Å². The molecule has 1 unspecified atom stereocenters. The van der Waals surface area contributed by atoms with Gasteiger partial charge in [0.05, 0.1) is 13.2 Å². The fourth-order valence-electron chi connectivity index (χ4n) is 2.01. The van der Waals surface area contributed by atoms with Gasteiger partial charge >= 0.3 is 12.3 Å². The van der Waals surface area contributed by atoms with Crippen molar-refractivity contribution in [1.29, 1.82) is 0 Å². The van der Waals surface area contributed by atoms with Gasteiger partial charge in [-0.15, -0.1) is 0 Å². The van der Waals surface area contributed by atoms with Crippen LogP contribution in [0.1, 0.15) is 11.7 Å². The average Bonchev–Trinajstić information content (AvgIpc) is 2.47. The second kappa shape index (κ2) is 5.78. The van der Waals surface area contributed by atoms with Crippen LogP contribution in [0.5, 0.6) is 0 Å². The highest BCUT2D eigenvalue weighted by Gasteiger charge is 2.51. The van der Waals surface area contributed by atoms with Crippen molar-refractivity contribution in [1.82, 2.24) is 4.90 Å². The Labute approximate surface area is 113 Å². The number of ether oxygens (including phenoxy) is 1. The number of benzene rings is 1. The van der Waals surface area contributed by atoms with E-state index in [1.165, 1.54) is 0 Å². The van der Waals surface area contributed by atoms with Gasteiger partial charge in [0, 0.05) is 6.54 Å². The number of morpholine rings is 1. The molecule has 0 aliphatic carbocycles. The monoisotopic (exact) mass is 291 g/mol. The Kier molecular flexibility index (Phi) is 4.27. The molecule has 1 aliphatic heterocycles.